The maximum Gasteiger partial charge on any atom is 0.250 e. The second-order valence-electron chi connectivity index (χ2n) is 4.15. The number of rotatable bonds is 3. The standard InChI is InChI=1S/C13H15N3O2/c1-10-3-2-4-13(18)16(10)8-7-15-9-11(14)5-6-12(15)17/h2-6,9H,7-8,14H2,1H3. The minimum Gasteiger partial charge on any atom is -0.398 e. The fraction of sp³-hybridized carbons (Fsp3) is 0.231. The fourth-order valence-corrected chi connectivity index (χ4v) is 1.84. The van der Waals surface area contributed by atoms with Crippen LogP contribution in [0.3, 0.4) is 0 Å². The van der Waals surface area contributed by atoms with E-state index >= 15 is 0 Å². The van der Waals surface area contributed by atoms with Crippen LogP contribution in [0.1, 0.15) is 5.69 Å². The molecule has 2 heterocycles. The van der Waals surface area contributed by atoms with Crippen molar-refractivity contribution < 1.29 is 0 Å². The lowest BCUT2D eigenvalue weighted by Gasteiger charge is -2.11. The van der Waals surface area contributed by atoms with E-state index in [2.05, 4.69) is 0 Å². The van der Waals surface area contributed by atoms with E-state index in [9.17, 15) is 9.59 Å². The van der Waals surface area contributed by atoms with Crippen molar-refractivity contribution in [3.8, 4) is 0 Å². The zero-order valence-electron chi connectivity index (χ0n) is 10.2. The number of pyridine rings is 2. The van der Waals surface area contributed by atoms with Gasteiger partial charge >= 0.3 is 0 Å². The topological polar surface area (TPSA) is 70.0 Å². The van der Waals surface area contributed by atoms with E-state index in [1.54, 1.807) is 22.9 Å². The SMILES string of the molecule is Cc1cccc(=O)n1CCn1cc(N)ccc1=O. The van der Waals surface area contributed by atoms with Gasteiger partial charge in [0.1, 0.15) is 0 Å². The first kappa shape index (κ1) is 12.2. The molecule has 0 spiro atoms. The highest BCUT2D eigenvalue weighted by Crippen LogP contribution is 1.98. The Labute approximate surface area is 104 Å². The van der Waals surface area contributed by atoms with Gasteiger partial charge in [0.05, 0.1) is 0 Å². The van der Waals surface area contributed by atoms with Gasteiger partial charge in [0.25, 0.3) is 11.1 Å². The van der Waals surface area contributed by atoms with Crippen LogP contribution < -0.4 is 16.9 Å². The molecule has 5 heteroatoms. The maximum absolute atomic E-state index is 11.7. The number of nitrogen functional groups attached to an aromatic ring is 1. The number of nitrogens with zero attached hydrogens (tertiary/aromatic N) is 2. The van der Waals surface area contributed by atoms with Gasteiger partial charge in [0.15, 0.2) is 0 Å². The average molecular weight is 245 g/mol. The molecular formula is C13H15N3O2. The molecule has 0 atom stereocenters. The minimum atomic E-state index is -0.120. The van der Waals surface area contributed by atoms with Crippen LogP contribution in [0.25, 0.3) is 0 Å². The first-order chi connectivity index (χ1) is 8.58. The van der Waals surface area contributed by atoms with E-state index in [0.29, 0.717) is 18.8 Å². The van der Waals surface area contributed by atoms with Crippen LogP contribution >= 0.6 is 0 Å². The van der Waals surface area contributed by atoms with Gasteiger partial charge in [-0.1, -0.05) is 6.07 Å². The minimum absolute atomic E-state index is 0.0630. The summed E-state index contributed by atoms with van der Waals surface area (Å²) < 4.78 is 3.14. The van der Waals surface area contributed by atoms with Crippen LogP contribution in [-0.2, 0) is 13.1 Å². The predicted octanol–water partition coefficient (Wildman–Crippen LogP) is 0.601. The second-order valence-corrected chi connectivity index (χ2v) is 4.15. The fourth-order valence-electron chi connectivity index (χ4n) is 1.84. The normalized spacial score (nSPS) is 10.5. The predicted molar refractivity (Wildman–Crippen MR) is 70.6 cm³/mol. The number of anilines is 1. The number of aryl methyl sites for hydroxylation is 2. The molecule has 2 aromatic heterocycles. The Morgan fingerprint density at radius 1 is 1.06 bits per heavy atom. The molecule has 0 aliphatic heterocycles. The molecule has 5 nitrogen and oxygen atoms in total. The third-order valence-corrected chi connectivity index (χ3v) is 2.84. The van der Waals surface area contributed by atoms with Crippen molar-refractivity contribution in [3.63, 3.8) is 0 Å². The second kappa shape index (κ2) is 4.91. The summed E-state index contributed by atoms with van der Waals surface area (Å²) in [5, 5.41) is 0. The average Bonchev–Trinajstić information content (AvgIpc) is 2.33. The Morgan fingerprint density at radius 3 is 2.56 bits per heavy atom. The monoisotopic (exact) mass is 245 g/mol. The largest absolute Gasteiger partial charge is 0.398 e. The molecule has 18 heavy (non-hydrogen) atoms. The Morgan fingerprint density at radius 2 is 1.83 bits per heavy atom. The Balaban J connectivity index is 2.24. The summed E-state index contributed by atoms with van der Waals surface area (Å²) in [5.74, 6) is 0. The zero-order valence-corrected chi connectivity index (χ0v) is 10.2. The summed E-state index contributed by atoms with van der Waals surface area (Å²) in [6.45, 7) is 2.74. The highest BCUT2D eigenvalue weighted by atomic mass is 16.1. The number of aromatic nitrogens is 2. The van der Waals surface area contributed by atoms with E-state index in [0.717, 1.165) is 5.69 Å². The van der Waals surface area contributed by atoms with Crippen LogP contribution in [0, 0.1) is 6.92 Å². The lowest BCUT2D eigenvalue weighted by Crippen LogP contribution is -2.27. The Hall–Kier alpha value is -2.30. The van der Waals surface area contributed by atoms with Crippen LogP contribution in [0.5, 0.6) is 0 Å². The molecule has 0 amide bonds. The van der Waals surface area contributed by atoms with Gasteiger partial charge in [-0.25, -0.2) is 0 Å². The van der Waals surface area contributed by atoms with Gasteiger partial charge in [0.2, 0.25) is 0 Å². The molecule has 94 valence electrons. The van der Waals surface area contributed by atoms with Crippen molar-refractivity contribution in [2.45, 2.75) is 20.0 Å². The van der Waals surface area contributed by atoms with Crippen molar-refractivity contribution in [3.05, 3.63) is 62.9 Å². The van der Waals surface area contributed by atoms with Gasteiger partial charge in [-0.15, -0.1) is 0 Å². The summed E-state index contributed by atoms with van der Waals surface area (Å²) in [7, 11) is 0. The van der Waals surface area contributed by atoms with Crippen LogP contribution in [0.4, 0.5) is 5.69 Å². The highest BCUT2D eigenvalue weighted by Gasteiger charge is 2.01. The van der Waals surface area contributed by atoms with Gasteiger partial charge in [0, 0.05) is 42.8 Å². The lowest BCUT2D eigenvalue weighted by atomic mass is 10.3. The molecule has 0 fully saturated rings. The van der Waals surface area contributed by atoms with Gasteiger partial charge in [-0.05, 0) is 19.1 Å². The van der Waals surface area contributed by atoms with Crippen molar-refractivity contribution in [1.82, 2.24) is 9.13 Å². The molecule has 0 aromatic carbocycles. The van der Waals surface area contributed by atoms with E-state index in [1.807, 2.05) is 13.0 Å². The summed E-state index contributed by atoms with van der Waals surface area (Å²) in [6.07, 6.45) is 1.59. The van der Waals surface area contributed by atoms with Crippen LogP contribution in [-0.4, -0.2) is 9.13 Å². The smallest absolute Gasteiger partial charge is 0.250 e. The van der Waals surface area contributed by atoms with Gasteiger partial charge < -0.3 is 14.9 Å². The van der Waals surface area contributed by atoms with E-state index < -0.39 is 0 Å². The summed E-state index contributed by atoms with van der Waals surface area (Å²) >= 11 is 0. The zero-order chi connectivity index (χ0) is 13.1. The van der Waals surface area contributed by atoms with Crippen molar-refractivity contribution in [2.24, 2.45) is 0 Å². The van der Waals surface area contributed by atoms with Crippen molar-refractivity contribution >= 4 is 5.69 Å². The highest BCUT2D eigenvalue weighted by molar-refractivity contribution is 5.33. The molecule has 0 saturated carbocycles. The van der Waals surface area contributed by atoms with Crippen molar-refractivity contribution in [2.75, 3.05) is 5.73 Å². The number of hydrogen-bond donors (Lipinski definition) is 1. The van der Waals surface area contributed by atoms with E-state index in [4.69, 9.17) is 5.73 Å². The molecule has 2 rings (SSSR count). The molecule has 0 bridgehead atoms. The molecule has 0 aliphatic carbocycles. The Bertz CT molecular complexity index is 670. The summed E-state index contributed by atoms with van der Waals surface area (Å²) in [4.78, 5) is 23.2. The van der Waals surface area contributed by atoms with Gasteiger partial charge in [-0.2, -0.15) is 0 Å². The summed E-state index contributed by atoms with van der Waals surface area (Å²) in [5.41, 5.74) is 6.85. The van der Waals surface area contributed by atoms with Crippen LogP contribution in [0.2, 0.25) is 0 Å². The van der Waals surface area contributed by atoms with E-state index in [1.165, 1.54) is 16.7 Å². The quantitative estimate of drug-likeness (QED) is 0.861. The van der Waals surface area contributed by atoms with Crippen molar-refractivity contribution in [1.29, 1.82) is 0 Å². The van der Waals surface area contributed by atoms with E-state index in [-0.39, 0.29) is 11.1 Å². The molecule has 0 saturated heterocycles. The lowest BCUT2D eigenvalue weighted by molar-refractivity contribution is 0.544. The first-order valence-electron chi connectivity index (χ1n) is 5.70. The molecule has 0 unspecified atom stereocenters. The molecule has 0 radical (unpaired) electrons. The molecule has 2 aromatic rings. The maximum atomic E-state index is 11.7. The molecular weight excluding hydrogens is 230 g/mol. The van der Waals surface area contributed by atoms with Crippen LogP contribution in [0.15, 0.2) is 46.1 Å². The van der Waals surface area contributed by atoms with Gasteiger partial charge in [-0.3, -0.25) is 9.59 Å². The third-order valence-electron chi connectivity index (χ3n) is 2.84. The molecule has 2 N–H and O–H groups in total. The Kier molecular flexibility index (Phi) is 3.32. The number of nitrogens with two attached hydrogens (primary N) is 1. The first-order valence-corrected chi connectivity index (χ1v) is 5.70. The summed E-state index contributed by atoms with van der Waals surface area (Å²) in [6, 6.07) is 8.09. The third kappa shape index (κ3) is 2.51. The number of hydrogen-bond acceptors (Lipinski definition) is 3. The molecule has 0 aliphatic rings.